The van der Waals surface area contributed by atoms with Crippen molar-refractivity contribution in [1.29, 1.82) is 0 Å². The Labute approximate surface area is 110 Å². The Kier molecular flexibility index (Phi) is 11.1. The Morgan fingerprint density at radius 3 is 2.27 bits per heavy atom. The molecule has 0 amide bonds. The van der Waals surface area contributed by atoms with Crippen LogP contribution in [0.25, 0.3) is 0 Å². The van der Waals surface area contributed by atoms with Crippen LogP contribution in [-0.4, -0.2) is 83.7 Å². The molecule has 63 valence electrons. The van der Waals surface area contributed by atoms with E-state index in [4.69, 9.17) is 4.55 Å². The largest absolute Gasteiger partial charge is 0.320 e. The van der Waals surface area contributed by atoms with Gasteiger partial charge in [0.2, 0.25) is 0 Å². The van der Waals surface area contributed by atoms with E-state index in [0.717, 1.165) is 13.0 Å². The van der Waals surface area contributed by atoms with Gasteiger partial charge in [-0.25, -0.2) is 0 Å². The van der Waals surface area contributed by atoms with Crippen molar-refractivity contribution >= 4 is 61.5 Å². The topological polar surface area (TPSA) is 66.4 Å². The predicted octanol–water partition coefficient (Wildman–Crippen LogP) is -0.507. The fraction of sp³-hybridized carbons (Fsp3) is 1.00. The standard InChI is InChI=1S/C5H13NO3S.K/c1-6-4-2-3-5-10(7,8)9;/h6H,2-5H2,1H3,(H,7,8,9);. The minimum atomic E-state index is -3.73. The molecule has 0 atom stereocenters. The van der Waals surface area contributed by atoms with Crippen LogP contribution in [-0.2, 0) is 10.1 Å². The van der Waals surface area contributed by atoms with Gasteiger partial charge in [-0.05, 0) is 26.4 Å². The van der Waals surface area contributed by atoms with E-state index in [2.05, 4.69) is 5.32 Å². The van der Waals surface area contributed by atoms with Crippen LogP contribution in [0.15, 0.2) is 0 Å². The number of nitrogens with one attached hydrogen (secondary N) is 1. The molecule has 0 aliphatic carbocycles. The van der Waals surface area contributed by atoms with Gasteiger partial charge in [0, 0.05) is 51.4 Å². The average molecular weight is 206 g/mol. The summed E-state index contributed by atoms with van der Waals surface area (Å²) in [5.74, 6) is -0.130. The maximum Gasteiger partial charge on any atom is 0.264 e. The molecule has 0 unspecified atom stereocenters. The van der Waals surface area contributed by atoms with Gasteiger partial charge in [-0.3, -0.25) is 4.55 Å². The first-order chi connectivity index (χ1) is 4.56. The summed E-state index contributed by atoms with van der Waals surface area (Å²) in [5.41, 5.74) is 0. The molecule has 0 aliphatic rings. The fourth-order valence-corrected chi connectivity index (χ4v) is 1.16. The molecular formula is C5H13KNO3S. The van der Waals surface area contributed by atoms with Crippen molar-refractivity contribution in [3.05, 3.63) is 0 Å². The predicted molar refractivity (Wildman–Crippen MR) is 45.3 cm³/mol. The van der Waals surface area contributed by atoms with Crippen molar-refractivity contribution in [1.82, 2.24) is 5.32 Å². The van der Waals surface area contributed by atoms with Gasteiger partial charge in [0.1, 0.15) is 0 Å². The molecule has 0 aromatic carbocycles. The third kappa shape index (κ3) is 14.4. The second kappa shape index (κ2) is 8.12. The van der Waals surface area contributed by atoms with Gasteiger partial charge in [0.25, 0.3) is 10.1 Å². The number of hydrogen-bond donors (Lipinski definition) is 2. The van der Waals surface area contributed by atoms with Gasteiger partial charge in [0.15, 0.2) is 0 Å². The monoisotopic (exact) mass is 206 g/mol. The summed E-state index contributed by atoms with van der Waals surface area (Å²) >= 11 is 0. The van der Waals surface area contributed by atoms with Crippen LogP contribution in [0.2, 0.25) is 0 Å². The summed E-state index contributed by atoms with van der Waals surface area (Å²) in [6, 6.07) is 0. The molecule has 1 radical (unpaired) electrons. The normalized spacial score (nSPS) is 10.7. The zero-order valence-corrected chi connectivity index (χ0v) is 10.9. The van der Waals surface area contributed by atoms with E-state index in [1.165, 1.54) is 0 Å². The van der Waals surface area contributed by atoms with E-state index in [9.17, 15) is 8.42 Å². The van der Waals surface area contributed by atoms with Crippen molar-refractivity contribution in [2.45, 2.75) is 12.8 Å². The molecule has 6 heteroatoms. The number of unbranched alkanes of at least 4 members (excludes halogenated alkanes) is 1. The molecule has 2 N–H and O–H groups in total. The summed E-state index contributed by atoms with van der Waals surface area (Å²) in [7, 11) is -1.93. The van der Waals surface area contributed by atoms with Crippen LogP contribution in [0.1, 0.15) is 12.8 Å². The molecule has 0 spiro atoms. The molecule has 0 rings (SSSR count). The Hall–Kier alpha value is 1.51. The quantitative estimate of drug-likeness (QED) is 0.361. The zero-order chi connectivity index (χ0) is 8.04. The van der Waals surface area contributed by atoms with Gasteiger partial charge in [-0.2, -0.15) is 8.42 Å². The van der Waals surface area contributed by atoms with Crippen LogP contribution >= 0.6 is 0 Å². The Morgan fingerprint density at radius 2 is 1.91 bits per heavy atom. The van der Waals surface area contributed by atoms with Crippen molar-refractivity contribution in [2.75, 3.05) is 19.3 Å². The summed E-state index contributed by atoms with van der Waals surface area (Å²) in [6.07, 6.45) is 1.29. The van der Waals surface area contributed by atoms with Crippen molar-refractivity contribution in [3.8, 4) is 0 Å². The molecule has 0 aromatic heterocycles. The minimum Gasteiger partial charge on any atom is -0.320 e. The third-order valence-corrected chi connectivity index (χ3v) is 1.88. The van der Waals surface area contributed by atoms with Gasteiger partial charge in [0.05, 0.1) is 5.75 Å². The van der Waals surface area contributed by atoms with Gasteiger partial charge >= 0.3 is 0 Å². The summed E-state index contributed by atoms with van der Waals surface area (Å²) < 4.78 is 28.5. The smallest absolute Gasteiger partial charge is 0.264 e. The average Bonchev–Trinajstić information content (AvgIpc) is 1.78. The fourth-order valence-electron chi connectivity index (χ4n) is 0.586. The second-order valence-corrected chi connectivity index (χ2v) is 3.67. The van der Waals surface area contributed by atoms with Gasteiger partial charge < -0.3 is 5.32 Å². The molecule has 0 saturated carbocycles. The molecule has 0 saturated heterocycles. The molecule has 0 heterocycles. The van der Waals surface area contributed by atoms with Crippen LogP contribution in [0.5, 0.6) is 0 Å². The summed E-state index contributed by atoms with van der Waals surface area (Å²) in [5, 5.41) is 2.88. The molecule has 0 bridgehead atoms. The molecule has 4 nitrogen and oxygen atoms in total. The molecule has 0 aliphatic heterocycles. The zero-order valence-electron chi connectivity index (χ0n) is 7.00. The van der Waals surface area contributed by atoms with E-state index in [0.29, 0.717) is 6.42 Å². The molecule has 0 aromatic rings. The molecule has 11 heavy (non-hydrogen) atoms. The van der Waals surface area contributed by atoms with Crippen LogP contribution in [0.4, 0.5) is 0 Å². The Balaban J connectivity index is 0. The first-order valence-corrected chi connectivity index (χ1v) is 4.77. The molecular weight excluding hydrogens is 193 g/mol. The van der Waals surface area contributed by atoms with Crippen molar-refractivity contribution in [3.63, 3.8) is 0 Å². The van der Waals surface area contributed by atoms with E-state index in [-0.39, 0.29) is 57.1 Å². The maximum atomic E-state index is 10.1. The number of rotatable bonds is 5. The van der Waals surface area contributed by atoms with Crippen LogP contribution in [0, 0.1) is 0 Å². The van der Waals surface area contributed by atoms with E-state index in [1.807, 2.05) is 0 Å². The minimum absolute atomic E-state index is 0. The Morgan fingerprint density at radius 1 is 1.36 bits per heavy atom. The van der Waals surface area contributed by atoms with Crippen molar-refractivity contribution in [2.24, 2.45) is 0 Å². The first kappa shape index (κ1) is 15.0. The number of hydrogen-bond acceptors (Lipinski definition) is 3. The van der Waals surface area contributed by atoms with Crippen LogP contribution < -0.4 is 5.32 Å². The second-order valence-electron chi connectivity index (χ2n) is 2.10. The molecule has 0 fully saturated rings. The van der Waals surface area contributed by atoms with E-state index < -0.39 is 10.1 Å². The van der Waals surface area contributed by atoms with Crippen molar-refractivity contribution < 1.29 is 13.0 Å². The maximum absolute atomic E-state index is 10.1. The third-order valence-electron chi connectivity index (χ3n) is 1.08. The summed E-state index contributed by atoms with van der Waals surface area (Å²) in [6.45, 7) is 0.787. The van der Waals surface area contributed by atoms with E-state index in [1.54, 1.807) is 7.05 Å². The van der Waals surface area contributed by atoms with Gasteiger partial charge in [-0.15, -0.1) is 0 Å². The Bertz CT molecular complexity index is 169. The summed E-state index contributed by atoms with van der Waals surface area (Å²) in [4.78, 5) is 0. The first-order valence-electron chi connectivity index (χ1n) is 3.16. The van der Waals surface area contributed by atoms with E-state index >= 15 is 0 Å². The SMILES string of the molecule is CNCCCCS(=O)(=O)O.[K]. The van der Waals surface area contributed by atoms with Gasteiger partial charge in [-0.1, -0.05) is 0 Å². The van der Waals surface area contributed by atoms with Crippen LogP contribution in [0.3, 0.4) is 0 Å².